The van der Waals surface area contributed by atoms with Crippen LogP contribution in [0.3, 0.4) is 0 Å². The minimum Gasteiger partial charge on any atom is -0.486 e. The van der Waals surface area contributed by atoms with E-state index in [1.54, 1.807) is 0 Å². The van der Waals surface area contributed by atoms with Crippen molar-refractivity contribution in [3.05, 3.63) is 59.7 Å². The normalized spacial score (nSPS) is 20.6. The molecule has 4 rings (SSSR count). The zero-order valence-electron chi connectivity index (χ0n) is 20.0. The molecule has 0 aromatic heterocycles. The Morgan fingerprint density at radius 1 is 1.15 bits per heavy atom. The van der Waals surface area contributed by atoms with Crippen LogP contribution >= 0.6 is 0 Å². The monoisotopic (exact) mass is 467 g/mol. The number of fused-ring (bicyclic) bond motifs is 1. The number of nitrogens with two attached hydrogens (primary N) is 1. The number of hydrogen-bond acceptors (Lipinski definition) is 6. The molecule has 2 heterocycles. The molecule has 0 aliphatic carbocycles. The highest BCUT2D eigenvalue weighted by Gasteiger charge is 2.31. The zero-order chi connectivity index (χ0) is 23.9. The molecule has 34 heavy (non-hydrogen) atoms. The van der Waals surface area contributed by atoms with Gasteiger partial charge in [0, 0.05) is 25.7 Å². The predicted octanol–water partition coefficient (Wildman–Crippen LogP) is 2.81. The van der Waals surface area contributed by atoms with Crippen LogP contribution < -0.4 is 20.5 Å². The first-order valence-corrected chi connectivity index (χ1v) is 12.5. The van der Waals surface area contributed by atoms with Gasteiger partial charge in [0.05, 0.1) is 0 Å². The molecule has 2 aromatic carbocycles. The van der Waals surface area contributed by atoms with E-state index in [9.17, 15) is 9.90 Å². The van der Waals surface area contributed by atoms with Crippen molar-refractivity contribution in [1.82, 2.24) is 10.2 Å². The summed E-state index contributed by atoms with van der Waals surface area (Å²) in [5.74, 6) is 1.07. The van der Waals surface area contributed by atoms with Crippen LogP contribution in [0.15, 0.2) is 48.5 Å². The third-order valence-corrected chi connectivity index (χ3v) is 6.85. The first-order chi connectivity index (χ1) is 16.5. The Kier molecular flexibility index (Phi) is 8.43. The second kappa shape index (κ2) is 11.7. The molecule has 3 atom stereocenters. The van der Waals surface area contributed by atoms with E-state index in [0.29, 0.717) is 24.7 Å². The number of unbranched alkanes of at least 4 members (excludes halogenated alkanes) is 1. The Labute approximate surface area is 202 Å². The Hall–Kier alpha value is -2.61. The minimum absolute atomic E-state index is 0.271. The standard InChI is InChI=1S/C27H37N3O4/c1-2-3-6-19-9-11-20(12-10-19)26(27(28)32)30-15-13-21(14-16-30)29-17-22(31)25-18-33-23-7-4-5-8-24(23)34-25/h4-5,7-12,21-22,25-26,29,31H,2-3,6,13-18H2,1H3,(H2,28,32). The van der Waals surface area contributed by atoms with Gasteiger partial charge in [-0.05, 0) is 48.9 Å². The maximum absolute atomic E-state index is 12.3. The third-order valence-electron chi connectivity index (χ3n) is 6.85. The van der Waals surface area contributed by atoms with E-state index >= 15 is 0 Å². The molecule has 1 fully saturated rings. The number of likely N-dealkylation sites (tertiary alicyclic amines) is 1. The third kappa shape index (κ3) is 6.09. The summed E-state index contributed by atoms with van der Waals surface area (Å²) in [6.07, 6.45) is 4.09. The van der Waals surface area contributed by atoms with Crippen molar-refractivity contribution in [3.63, 3.8) is 0 Å². The number of rotatable bonds is 10. The van der Waals surface area contributed by atoms with Crippen molar-refractivity contribution in [3.8, 4) is 11.5 Å². The van der Waals surface area contributed by atoms with Crippen LogP contribution in [0.1, 0.15) is 49.8 Å². The molecule has 0 spiro atoms. The lowest BCUT2D eigenvalue weighted by Gasteiger charge is -2.37. The number of primary amides is 1. The van der Waals surface area contributed by atoms with E-state index in [1.165, 1.54) is 18.4 Å². The van der Waals surface area contributed by atoms with E-state index in [0.717, 1.165) is 37.9 Å². The lowest BCUT2D eigenvalue weighted by atomic mass is 9.97. The lowest BCUT2D eigenvalue weighted by molar-refractivity contribution is -0.124. The lowest BCUT2D eigenvalue weighted by Crippen LogP contribution is -2.50. The summed E-state index contributed by atoms with van der Waals surface area (Å²) in [6.45, 7) is 4.49. The van der Waals surface area contributed by atoms with Crippen LogP contribution in [-0.4, -0.2) is 60.4 Å². The van der Waals surface area contributed by atoms with Gasteiger partial charge < -0.3 is 25.6 Å². The Balaban J connectivity index is 1.25. The second-order valence-electron chi connectivity index (χ2n) is 9.35. The quantitative estimate of drug-likeness (QED) is 0.497. The molecule has 1 saturated heterocycles. The molecule has 2 aliphatic rings. The van der Waals surface area contributed by atoms with Gasteiger partial charge in [-0.25, -0.2) is 0 Å². The fourth-order valence-corrected chi connectivity index (χ4v) is 4.81. The number of piperidine rings is 1. The summed E-state index contributed by atoms with van der Waals surface area (Å²) >= 11 is 0. The molecule has 2 aromatic rings. The van der Waals surface area contributed by atoms with E-state index < -0.39 is 18.2 Å². The highest BCUT2D eigenvalue weighted by atomic mass is 16.6. The zero-order valence-corrected chi connectivity index (χ0v) is 20.0. The maximum Gasteiger partial charge on any atom is 0.239 e. The Morgan fingerprint density at radius 2 is 1.85 bits per heavy atom. The van der Waals surface area contributed by atoms with Crippen molar-refractivity contribution in [1.29, 1.82) is 0 Å². The van der Waals surface area contributed by atoms with Crippen LogP contribution in [0.2, 0.25) is 0 Å². The molecule has 7 nitrogen and oxygen atoms in total. The van der Waals surface area contributed by atoms with E-state index in [-0.39, 0.29) is 11.9 Å². The number of aliphatic hydroxyl groups is 1. The van der Waals surface area contributed by atoms with Gasteiger partial charge in [0.2, 0.25) is 5.91 Å². The maximum atomic E-state index is 12.3. The summed E-state index contributed by atoms with van der Waals surface area (Å²) in [5.41, 5.74) is 8.07. The van der Waals surface area contributed by atoms with Crippen molar-refractivity contribution in [2.24, 2.45) is 5.73 Å². The number of nitrogens with zero attached hydrogens (tertiary/aromatic N) is 1. The first kappa shape index (κ1) is 24.5. The van der Waals surface area contributed by atoms with Crippen LogP contribution in [0.5, 0.6) is 11.5 Å². The fraction of sp³-hybridized carbons (Fsp3) is 0.519. The van der Waals surface area contributed by atoms with Crippen LogP contribution in [0, 0.1) is 0 Å². The molecule has 2 aliphatic heterocycles. The van der Waals surface area contributed by atoms with E-state index in [2.05, 4.69) is 29.3 Å². The molecule has 0 bridgehead atoms. The summed E-state index contributed by atoms with van der Waals surface area (Å²) in [6, 6.07) is 15.7. The summed E-state index contributed by atoms with van der Waals surface area (Å²) in [4.78, 5) is 14.5. The van der Waals surface area contributed by atoms with Gasteiger partial charge in [-0.1, -0.05) is 49.7 Å². The minimum atomic E-state index is -0.670. The highest BCUT2D eigenvalue weighted by molar-refractivity contribution is 5.81. The number of amides is 1. The van der Waals surface area contributed by atoms with Crippen molar-refractivity contribution >= 4 is 5.91 Å². The second-order valence-corrected chi connectivity index (χ2v) is 9.35. The molecule has 3 unspecified atom stereocenters. The van der Waals surface area contributed by atoms with Gasteiger partial charge in [-0.3, -0.25) is 9.69 Å². The van der Waals surface area contributed by atoms with Gasteiger partial charge in [0.25, 0.3) is 0 Å². The van der Waals surface area contributed by atoms with Crippen molar-refractivity contribution in [2.45, 2.75) is 63.3 Å². The van der Waals surface area contributed by atoms with Gasteiger partial charge in [-0.2, -0.15) is 0 Å². The van der Waals surface area contributed by atoms with E-state index in [1.807, 2.05) is 36.4 Å². The number of carbonyl (C=O) groups excluding carboxylic acids is 1. The number of aliphatic hydroxyl groups excluding tert-OH is 1. The Bertz CT molecular complexity index is 928. The molecule has 1 amide bonds. The molecular formula is C27H37N3O4. The summed E-state index contributed by atoms with van der Waals surface area (Å²) in [5, 5.41) is 14.1. The first-order valence-electron chi connectivity index (χ1n) is 12.5. The van der Waals surface area contributed by atoms with Crippen molar-refractivity contribution < 1.29 is 19.4 Å². The number of carbonyl (C=O) groups is 1. The number of nitrogens with one attached hydrogen (secondary N) is 1. The van der Waals surface area contributed by atoms with Crippen LogP contribution in [0.25, 0.3) is 0 Å². The number of ether oxygens (including phenoxy) is 2. The number of para-hydroxylation sites is 2. The highest BCUT2D eigenvalue weighted by Crippen LogP contribution is 2.31. The smallest absolute Gasteiger partial charge is 0.239 e. The van der Waals surface area contributed by atoms with Gasteiger partial charge in [0.15, 0.2) is 17.6 Å². The summed E-state index contributed by atoms with van der Waals surface area (Å²) in [7, 11) is 0. The largest absolute Gasteiger partial charge is 0.486 e. The van der Waals surface area contributed by atoms with Crippen molar-refractivity contribution in [2.75, 3.05) is 26.2 Å². The number of hydrogen-bond donors (Lipinski definition) is 3. The fourth-order valence-electron chi connectivity index (χ4n) is 4.81. The Morgan fingerprint density at radius 3 is 2.53 bits per heavy atom. The molecular weight excluding hydrogens is 430 g/mol. The molecule has 7 heteroatoms. The molecule has 4 N–H and O–H groups in total. The van der Waals surface area contributed by atoms with Gasteiger partial charge in [-0.15, -0.1) is 0 Å². The van der Waals surface area contributed by atoms with E-state index in [4.69, 9.17) is 15.2 Å². The number of benzene rings is 2. The summed E-state index contributed by atoms with van der Waals surface area (Å²) < 4.78 is 11.6. The molecule has 0 saturated carbocycles. The molecule has 0 radical (unpaired) electrons. The molecule has 184 valence electrons. The topological polar surface area (TPSA) is 97.1 Å². The van der Waals surface area contributed by atoms with Gasteiger partial charge in [0.1, 0.15) is 18.8 Å². The predicted molar refractivity (Wildman–Crippen MR) is 132 cm³/mol. The average Bonchev–Trinajstić information content (AvgIpc) is 2.87. The average molecular weight is 468 g/mol. The number of aryl methyl sites for hydroxylation is 1. The van der Waals surface area contributed by atoms with Crippen LogP contribution in [0.4, 0.5) is 0 Å². The SMILES string of the molecule is CCCCc1ccc(C(C(N)=O)N2CCC(NCC(O)C3COc4ccccc4O3)CC2)cc1. The van der Waals surface area contributed by atoms with Crippen LogP contribution in [-0.2, 0) is 11.2 Å². The van der Waals surface area contributed by atoms with Gasteiger partial charge >= 0.3 is 0 Å².